The Morgan fingerprint density at radius 3 is 2.40 bits per heavy atom. The molecule has 2 aromatic carbocycles. The number of hydrogen-bond donors (Lipinski definition) is 1. The molecule has 1 heterocycles. The van der Waals surface area contributed by atoms with Crippen molar-refractivity contribution in [1.29, 1.82) is 0 Å². The number of amides is 1. The molecule has 6 heteroatoms. The number of methoxy groups -OCH3 is 1. The third-order valence-corrected chi connectivity index (χ3v) is 3.69. The Balaban J connectivity index is 1.94. The zero-order valence-electron chi connectivity index (χ0n) is 13.7. The molecule has 25 heavy (non-hydrogen) atoms. The number of phenols is 1. The second kappa shape index (κ2) is 7.44. The summed E-state index contributed by atoms with van der Waals surface area (Å²) in [4.78, 5) is 22.6. The van der Waals surface area contributed by atoms with Gasteiger partial charge in [-0.3, -0.25) is 9.78 Å². The van der Waals surface area contributed by atoms with Gasteiger partial charge in [0.1, 0.15) is 17.2 Å². The van der Waals surface area contributed by atoms with Crippen LogP contribution in [-0.2, 0) is 6.54 Å². The summed E-state index contributed by atoms with van der Waals surface area (Å²) in [5, 5.41) is 9.44. The number of carbonyl (C=O) groups excluding carboxylic acids is 1. The average Bonchev–Trinajstić information content (AvgIpc) is 2.68. The molecule has 1 aromatic heterocycles. The minimum atomic E-state index is -0.258. The minimum Gasteiger partial charge on any atom is -0.508 e. The maximum absolute atomic E-state index is 12.9. The second-order valence-corrected chi connectivity index (χ2v) is 5.35. The molecule has 1 amide bonds. The molecule has 0 fully saturated rings. The molecule has 0 aliphatic heterocycles. The first-order chi connectivity index (χ1) is 12.2. The van der Waals surface area contributed by atoms with E-state index in [4.69, 9.17) is 4.74 Å². The van der Waals surface area contributed by atoms with Gasteiger partial charge in [0.25, 0.3) is 5.91 Å². The Hall–Kier alpha value is -3.41. The number of hydrogen-bond acceptors (Lipinski definition) is 5. The molecule has 0 saturated heterocycles. The quantitative estimate of drug-likeness (QED) is 0.775. The van der Waals surface area contributed by atoms with E-state index in [0.29, 0.717) is 18.0 Å². The lowest BCUT2D eigenvalue weighted by atomic mass is 10.1. The van der Waals surface area contributed by atoms with Crippen LogP contribution < -0.4 is 9.64 Å². The molecule has 0 atom stereocenters. The highest BCUT2D eigenvalue weighted by Crippen LogP contribution is 2.23. The molecule has 0 spiro atoms. The Labute approximate surface area is 145 Å². The van der Waals surface area contributed by atoms with E-state index in [-0.39, 0.29) is 17.4 Å². The first-order valence-electron chi connectivity index (χ1n) is 7.67. The van der Waals surface area contributed by atoms with Gasteiger partial charge in [-0.15, -0.1) is 0 Å². The number of ether oxygens (including phenoxy) is 1. The van der Waals surface area contributed by atoms with Crippen molar-refractivity contribution in [1.82, 2.24) is 9.97 Å². The van der Waals surface area contributed by atoms with Crippen LogP contribution in [0.2, 0.25) is 0 Å². The summed E-state index contributed by atoms with van der Waals surface area (Å²) in [6, 6.07) is 13.9. The largest absolute Gasteiger partial charge is 0.508 e. The zero-order chi connectivity index (χ0) is 17.6. The van der Waals surface area contributed by atoms with Gasteiger partial charge in [-0.1, -0.05) is 12.1 Å². The topological polar surface area (TPSA) is 75.6 Å². The summed E-state index contributed by atoms with van der Waals surface area (Å²) >= 11 is 0. The number of rotatable bonds is 5. The molecule has 0 unspecified atom stereocenters. The Morgan fingerprint density at radius 2 is 1.80 bits per heavy atom. The van der Waals surface area contributed by atoms with E-state index in [9.17, 15) is 9.90 Å². The molecule has 3 aromatic rings. The standard InChI is InChI=1S/C19H17N3O3/c1-25-17-8-4-15(5-9-17)22(13-14-2-6-16(23)7-3-14)19(24)18-12-20-10-11-21-18/h2-12,23H,13H2,1H3. The molecule has 0 aliphatic rings. The van der Waals surface area contributed by atoms with Gasteiger partial charge in [0.2, 0.25) is 0 Å². The van der Waals surface area contributed by atoms with Crippen molar-refractivity contribution in [3.05, 3.63) is 78.4 Å². The van der Waals surface area contributed by atoms with E-state index >= 15 is 0 Å². The molecule has 126 valence electrons. The Bertz CT molecular complexity index is 834. The average molecular weight is 335 g/mol. The van der Waals surface area contributed by atoms with Crippen molar-refractivity contribution < 1.29 is 14.6 Å². The van der Waals surface area contributed by atoms with Crippen molar-refractivity contribution in [2.24, 2.45) is 0 Å². The maximum Gasteiger partial charge on any atom is 0.278 e. The predicted molar refractivity (Wildman–Crippen MR) is 93.6 cm³/mol. The van der Waals surface area contributed by atoms with Gasteiger partial charge in [0, 0.05) is 18.1 Å². The number of aromatic hydroxyl groups is 1. The molecular formula is C19H17N3O3. The summed E-state index contributed by atoms with van der Waals surface area (Å²) in [6.45, 7) is 0.335. The van der Waals surface area contributed by atoms with Gasteiger partial charge in [-0.2, -0.15) is 0 Å². The van der Waals surface area contributed by atoms with Crippen LogP contribution in [0.3, 0.4) is 0 Å². The van der Waals surface area contributed by atoms with Crippen LogP contribution in [0.1, 0.15) is 16.1 Å². The molecule has 3 rings (SSSR count). The summed E-state index contributed by atoms with van der Waals surface area (Å²) < 4.78 is 5.17. The number of carbonyl (C=O) groups is 1. The number of aromatic nitrogens is 2. The molecule has 0 radical (unpaired) electrons. The molecule has 0 saturated carbocycles. The predicted octanol–water partition coefficient (Wildman–Crippen LogP) is 3.04. The zero-order valence-corrected chi connectivity index (χ0v) is 13.7. The summed E-state index contributed by atoms with van der Waals surface area (Å²) in [5.41, 5.74) is 1.85. The fraction of sp³-hybridized carbons (Fsp3) is 0.105. The molecule has 1 N–H and O–H groups in total. The van der Waals surface area contributed by atoms with Crippen LogP contribution in [0.25, 0.3) is 0 Å². The SMILES string of the molecule is COc1ccc(N(Cc2ccc(O)cc2)C(=O)c2cnccn2)cc1. The third-order valence-electron chi connectivity index (χ3n) is 3.69. The Morgan fingerprint density at radius 1 is 1.08 bits per heavy atom. The first kappa shape index (κ1) is 16.4. The molecular weight excluding hydrogens is 318 g/mol. The lowest BCUT2D eigenvalue weighted by molar-refractivity contribution is 0.0980. The second-order valence-electron chi connectivity index (χ2n) is 5.35. The van der Waals surface area contributed by atoms with Crippen molar-refractivity contribution in [2.75, 3.05) is 12.0 Å². The van der Waals surface area contributed by atoms with Crippen LogP contribution in [0, 0.1) is 0 Å². The van der Waals surface area contributed by atoms with E-state index in [1.54, 1.807) is 48.4 Å². The molecule has 6 nitrogen and oxygen atoms in total. The van der Waals surface area contributed by atoms with Gasteiger partial charge in [-0.25, -0.2) is 4.98 Å². The fourth-order valence-electron chi connectivity index (χ4n) is 2.37. The highest BCUT2D eigenvalue weighted by atomic mass is 16.5. The van der Waals surface area contributed by atoms with Gasteiger partial charge in [-0.05, 0) is 42.0 Å². The summed E-state index contributed by atoms with van der Waals surface area (Å²) in [7, 11) is 1.59. The fourth-order valence-corrected chi connectivity index (χ4v) is 2.37. The van der Waals surface area contributed by atoms with Crippen molar-refractivity contribution >= 4 is 11.6 Å². The van der Waals surface area contributed by atoms with E-state index in [1.165, 1.54) is 18.6 Å². The summed E-state index contributed by atoms with van der Waals surface area (Å²) in [6.07, 6.45) is 4.45. The highest BCUT2D eigenvalue weighted by Gasteiger charge is 2.19. The first-order valence-corrected chi connectivity index (χ1v) is 7.67. The smallest absolute Gasteiger partial charge is 0.278 e. The monoisotopic (exact) mass is 335 g/mol. The van der Waals surface area contributed by atoms with Crippen molar-refractivity contribution in [3.63, 3.8) is 0 Å². The normalized spacial score (nSPS) is 10.3. The van der Waals surface area contributed by atoms with Gasteiger partial charge in [0.05, 0.1) is 19.9 Å². The van der Waals surface area contributed by atoms with Crippen LogP contribution in [0.15, 0.2) is 67.1 Å². The lowest BCUT2D eigenvalue weighted by Gasteiger charge is -2.23. The molecule has 0 aliphatic carbocycles. The molecule has 0 bridgehead atoms. The van der Waals surface area contributed by atoms with Gasteiger partial charge < -0.3 is 14.7 Å². The van der Waals surface area contributed by atoms with E-state index in [0.717, 1.165) is 5.56 Å². The number of nitrogens with zero attached hydrogens (tertiary/aromatic N) is 3. The van der Waals surface area contributed by atoms with E-state index < -0.39 is 0 Å². The van der Waals surface area contributed by atoms with Crippen LogP contribution >= 0.6 is 0 Å². The number of benzene rings is 2. The van der Waals surface area contributed by atoms with Crippen molar-refractivity contribution in [3.8, 4) is 11.5 Å². The number of anilines is 1. The van der Waals surface area contributed by atoms with Gasteiger partial charge in [0.15, 0.2) is 0 Å². The van der Waals surface area contributed by atoms with Crippen LogP contribution in [0.5, 0.6) is 11.5 Å². The van der Waals surface area contributed by atoms with Crippen LogP contribution in [0.4, 0.5) is 5.69 Å². The van der Waals surface area contributed by atoms with Crippen LogP contribution in [-0.4, -0.2) is 28.1 Å². The lowest BCUT2D eigenvalue weighted by Crippen LogP contribution is -2.31. The van der Waals surface area contributed by atoms with E-state index in [2.05, 4.69) is 9.97 Å². The van der Waals surface area contributed by atoms with E-state index in [1.807, 2.05) is 12.1 Å². The third kappa shape index (κ3) is 3.92. The summed E-state index contributed by atoms with van der Waals surface area (Å²) in [5.74, 6) is 0.631. The van der Waals surface area contributed by atoms with Crippen molar-refractivity contribution in [2.45, 2.75) is 6.54 Å². The van der Waals surface area contributed by atoms with Gasteiger partial charge >= 0.3 is 0 Å². The number of phenolic OH excluding ortho intramolecular Hbond substituents is 1. The highest BCUT2D eigenvalue weighted by molar-refractivity contribution is 6.04. The minimum absolute atomic E-state index is 0.181. The maximum atomic E-state index is 12.9. The Kier molecular flexibility index (Phi) is 4.89.